The van der Waals surface area contributed by atoms with Gasteiger partial charge in [-0.15, -0.1) is 0 Å². The first-order chi connectivity index (χ1) is 9.99. The lowest BCUT2D eigenvalue weighted by molar-refractivity contribution is 0.438. The fourth-order valence-electron chi connectivity index (χ4n) is 2.71. The van der Waals surface area contributed by atoms with Crippen LogP contribution in [0.2, 0.25) is 0 Å². The molecule has 110 valence electrons. The number of hydrazine groups is 1. The summed E-state index contributed by atoms with van der Waals surface area (Å²) in [4.78, 5) is 0. The third-order valence-corrected chi connectivity index (χ3v) is 3.68. The molecule has 21 heavy (non-hydrogen) atoms. The average Bonchev–Trinajstić information content (AvgIpc) is 2.80. The second kappa shape index (κ2) is 4.93. The topological polar surface area (TPSA) is 55.7 Å². The molecule has 0 fully saturated rings. The molecule has 0 spiro atoms. The first kappa shape index (κ1) is 13.7. The van der Waals surface area contributed by atoms with Gasteiger partial charge < -0.3 is 15.2 Å². The van der Waals surface area contributed by atoms with E-state index in [9.17, 15) is 14.6 Å². The normalized spacial score (nSPS) is 17.3. The van der Waals surface area contributed by atoms with Crippen molar-refractivity contribution in [1.29, 1.82) is 0 Å². The van der Waals surface area contributed by atoms with E-state index in [0.29, 0.717) is 11.3 Å². The molecule has 0 bridgehead atoms. The molecule has 0 aliphatic carbocycles. The number of nitrogens with zero attached hydrogens (tertiary/aromatic N) is 1. The highest BCUT2D eigenvalue weighted by molar-refractivity contribution is 5.63. The van der Waals surface area contributed by atoms with Gasteiger partial charge in [-0.25, -0.2) is 9.82 Å². The number of aromatic hydroxyl groups is 2. The zero-order valence-electron chi connectivity index (χ0n) is 11.8. The smallest absolute Gasteiger partial charge is 0.148 e. The number of hydrogen-bond donors (Lipinski definition) is 3. The molecule has 2 aromatic carbocycles. The van der Waals surface area contributed by atoms with Crippen LogP contribution in [-0.2, 0) is 0 Å². The highest BCUT2D eigenvalue weighted by Gasteiger charge is 2.34. The van der Waals surface area contributed by atoms with E-state index in [-0.39, 0.29) is 29.4 Å². The van der Waals surface area contributed by atoms with Crippen molar-refractivity contribution in [1.82, 2.24) is 5.43 Å². The second-order valence-corrected chi connectivity index (χ2v) is 5.45. The van der Waals surface area contributed by atoms with Gasteiger partial charge >= 0.3 is 0 Å². The Balaban J connectivity index is 2.13. The summed E-state index contributed by atoms with van der Waals surface area (Å²) in [5.74, 6) is -0.322. The van der Waals surface area contributed by atoms with Gasteiger partial charge in [0.1, 0.15) is 17.3 Å². The highest BCUT2D eigenvalue weighted by Crippen LogP contribution is 2.42. The van der Waals surface area contributed by atoms with E-state index < -0.39 is 0 Å². The van der Waals surface area contributed by atoms with E-state index in [1.165, 1.54) is 18.2 Å². The Labute approximate surface area is 122 Å². The van der Waals surface area contributed by atoms with Crippen molar-refractivity contribution in [2.45, 2.75) is 25.9 Å². The van der Waals surface area contributed by atoms with Crippen LogP contribution in [0.25, 0.3) is 0 Å². The zero-order chi connectivity index (χ0) is 15.1. The van der Waals surface area contributed by atoms with E-state index in [4.69, 9.17) is 0 Å². The Kier molecular flexibility index (Phi) is 3.22. The SMILES string of the molecule is CC(C)N1NC(c2ccc(O)cc2O)c2cccc(F)c21. The summed E-state index contributed by atoms with van der Waals surface area (Å²) < 4.78 is 14.2. The van der Waals surface area contributed by atoms with Crippen LogP contribution >= 0.6 is 0 Å². The van der Waals surface area contributed by atoms with Crippen molar-refractivity contribution in [3.8, 4) is 11.5 Å². The number of benzene rings is 2. The molecule has 1 heterocycles. The van der Waals surface area contributed by atoms with Crippen LogP contribution in [0.5, 0.6) is 11.5 Å². The lowest BCUT2D eigenvalue weighted by atomic mass is 9.98. The third-order valence-electron chi connectivity index (χ3n) is 3.68. The maximum absolute atomic E-state index is 14.2. The Hall–Kier alpha value is -2.27. The molecule has 0 saturated carbocycles. The number of para-hydroxylation sites is 1. The molecular weight excluding hydrogens is 271 g/mol. The summed E-state index contributed by atoms with van der Waals surface area (Å²) in [6, 6.07) is 9.07. The monoisotopic (exact) mass is 288 g/mol. The van der Waals surface area contributed by atoms with Crippen molar-refractivity contribution < 1.29 is 14.6 Å². The van der Waals surface area contributed by atoms with Crippen molar-refractivity contribution in [2.75, 3.05) is 5.01 Å². The molecule has 3 rings (SSSR count). The molecule has 0 amide bonds. The summed E-state index contributed by atoms with van der Waals surface area (Å²) in [7, 11) is 0. The molecule has 0 radical (unpaired) electrons. The molecule has 1 aliphatic rings. The summed E-state index contributed by atoms with van der Waals surface area (Å²) in [6.07, 6.45) is 0. The molecule has 3 N–H and O–H groups in total. The number of halogens is 1. The van der Waals surface area contributed by atoms with Gasteiger partial charge in [0.2, 0.25) is 0 Å². The van der Waals surface area contributed by atoms with E-state index >= 15 is 0 Å². The average molecular weight is 288 g/mol. The van der Waals surface area contributed by atoms with E-state index in [0.717, 1.165) is 5.56 Å². The summed E-state index contributed by atoms with van der Waals surface area (Å²) >= 11 is 0. The zero-order valence-corrected chi connectivity index (χ0v) is 11.8. The molecule has 1 unspecified atom stereocenters. The fraction of sp³-hybridized carbons (Fsp3) is 0.250. The van der Waals surface area contributed by atoms with Gasteiger partial charge in [-0.05, 0) is 32.0 Å². The Morgan fingerprint density at radius 2 is 1.90 bits per heavy atom. The molecule has 2 aromatic rings. The van der Waals surface area contributed by atoms with Crippen LogP contribution in [-0.4, -0.2) is 16.3 Å². The predicted molar refractivity (Wildman–Crippen MR) is 78.8 cm³/mol. The van der Waals surface area contributed by atoms with Crippen LogP contribution < -0.4 is 10.4 Å². The molecule has 1 atom stereocenters. The van der Waals surface area contributed by atoms with Crippen LogP contribution in [0.1, 0.15) is 31.0 Å². The summed E-state index contributed by atoms with van der Waals surface area (Å²) in [6.45, 7) is 3.92. The third kappa shape index (κ3) is 2.19. The minimum Gasteiger partial charge on any atom is -0.508 e. The first-order valence-electron chi connectivity index (χ1n) is 6.84. The van der Waals surface area contributed by atoms with Gasteiger partial charge in [-0.3, -0.25) is 0 Å². The lowest BCUT2D eigenvalue weighted by Crippen LogP contribution is -2.40. The molecule has 1 aliphatic heterocycles. The number of fused-ring (bicyclic) bond motifs is 1. The fourth-order valence-corrected chi connectivity index (χ4v) is 2.71. The number of nitrogens with one attached hydrogen (secondary N) is 1. The molecular formula is C16H17FN2O2. The number of rotatable bonds is 2. The van der Waals surface area contributed by atoms with Gasteiger partial charge in [0.05, 0.1) is 11.7 Å². The highest BCUT2D eigenvalue weighted by atomic mass is 19.1. The molecule has 5 heteroatoms. The van der Waals surface area contributed by atoms with Crippen LogP contribution in [0.3, 0.4) is 0 Å². The Morgan fingerprint density at radius 3 is 2.57 bits per heavy atom. The van der Waals surface area contributed by atoms with Crippen molar-refractivity contribution >= 4 is 5.69 Å². The molecule has 0 saturated heterocycles. The largest absolute Gasteiger partial charge is 0.508 e. The number of anilines is 1. The van der Waals surface area contributed by atoms with Crippen LogP contribution in [0.4, 0.5) is 10.1 Å². The van der Waals surface area contributed by atoms with E-state index in [1.807, 2.05) is 19.9 Å². The summed E-state index contributed by atoms with van der Waals surface area (Å²) in [5.41, 5.74) is 5.10. The minimum absolute atomic E-state index is 0.00516. The second-order valence-electron chi connectivity index (χ2n) is 5.45. The number of hydrogen-bond acceptors (Lipinski definition) is 4. The van der Waals surface area contributed by atoms with Gasteiger partial charge in [0, 0.05) is 23.2 Å². The predicted octanol–water partition coefficient (Wildman–Crippen LogP) is 3.06. The molecule has 4 nitrogen and oxygen atoms in total. The van der Waals surface area contributed by atoms with E-state index in [2.05, 4.69) is 5.43 Å². The van der Waals surface area contributed by atoms with Crippen molar-refractivity contribution in [2.24, 2.45) is 0 Å². The Morgan fingerprint density at radius 1 is 1.14 bits per heavy atom. The van der Waals surface area contributed by atoms with E-state index in [1.54, 1.807) is 17.1 Å². The molecule has 0 aromatic heterocycles. The lowest BCUT2D eigenvalue weighted by Gasteiger charge is -2.25. The van der Waals surface area contributed by atoms with Crippen LogP contribution in [0, 0.1) is 5.82 Å². The van der Waals surface area contributed by atoms with Crippen LogP contribution in [0.15, 0.2) is 36.4 Å². The van der Waals surface area contributed by atoms with Gasteiger partial charge in [-0.2, -0.15) is 0 Å². The van der Waals surface area contributed by atoms with Crippen molar-refractivity contribution in [3.05, 3.63) is 53.3 Å². The van der Waals surface area contributed by atoms with Gasteiger partial charge in [0.15, 0.2) is 0 Å². The maximum atomic E-state index is 14.2. The van der Waals surface area contributed by atoms with Gasteiger partial charge in [0.25, 0.3) is 0 Å². The standard InChI is InChI=1S/C16H17FN2O2/c1-9(2)19-16-12(4-3-5-13(16)17)15(18-19)11-7-6-10(20)8-14(11)21/h3-9,15,18,20-21H,1-2H3. The first-order valence-corrected chi connectivity index (χ1v) is 6.84. The maximum Gasteiger partial charge on any atom is 0.148 e. The Bertz CT molecular complexity index is 688. The number of phenols is 2. The quantitative estimate of drug-likeness (QED) is 0.795. The minimum atomic E-state index is -0.348. The summed E-state index contributed by atoms with van der Waals surface area (Å²) in [5, 5.41) is 21.2. The number of phenolic OH excluding ortho intramolecular Hbond substituents is 2. The van der Waals surface area contributed by atoms with Crippen molar-refractivity contribution in [3.63, 3.8) is 0 Å². The van der Waals surface area contributed by atoms with Gasteiger partial charge in [-0.1, -0.05) is 12.1 Å².